The van der Waals surface area contributed by atoms with Crippen LogP contribution in [0, 0.1) is 0 Å². The van der Waals surface area contributed by atoms with E-state index in [0.717, 1.165) is 4.90 Å². The number of benzene rings is 1. The molecule has 0 saturated heterocycles. The van der Waals surface area contributed by atoms with Gasteiger partial charge in [-0.2, -0.15) is 18.3 Å². The molecular formula is C17H12BrF3N4O. The molecule has 1 amide bonds. The molecular weight excluding hydrogens is 413 g/mol. The second-order valence-electron chi connectivity index (χ2n) is 6.00. The Bertz CT molecular complexity index is 1000. The van der Waals surface area contributed by atoms with Gasteiger partial charge in [0, 0.05) is 25.0 Å². The SMILES string of the molecule is O=C(c1cc2ncc(Br)cn2n1)N1CCc2ccccc2C1C(F)(F)F. The number of alkyl halides is 3. The van der Waals surface area contributed by atoms with Crippen LogP contribution in [0.5, 0.6) is 0 Å². The van der Waals surface area contributed by atoms with Crippen LogP contribution >= 0.6 is 15.9 Å². The fourth-order valence-electron chi connectivity index (χ4n) is 3.24. The van der Waals surface area contributed by atoms with Crippen LogP contribution in [0.25, 0.3) is 5.65 Å². The van der Waals surface area contributed by atoms with Gasteiger partial charge in [0.1, 0.15) is 0 Å². The molecule has 0 aliphatic carbocycles. The predicted molar refractivity (Wildman–Crippen MR) is 90.7 cm³/mol. The number of aromatic nitrogens is 3. The fourth-order valence-corrected chi connectivity index (χ4v) is 3.54. The van der Waals surface area contributed by atoms with Crippen LogP contribution in [-0.4, -0.2) is 38.1 Å². The summed E-state index contributed by atoms with van der Waals surface area (Å²) in [5.74, 6) is -0.761. The fraction of sp³-hybridized carbons (Fsp3) is 0.235. The molecule has 3 heterocycles. The summed E-state index contributed by atoms with van der Waals surface area (Å²) in [5, 5.41) is 4.09. The molecule has 0 N–H and O–H groups in total. The number of hydrogen-bond donors (Lipinski definition) is 0. The van der Waals surface area contributed by atoms with Crippen LogP contribution < -0.4 is 0 Å². The molecule has 4 rings (SSSR count). The van der Waals surface area contributed by atoms with E-state index in [-0.39, 0.29) is 17.8 Å². The van der Waals surface area contributed by atoms with E-state index >= 15 is 0 Å². The molecule has 26 heavy (non-hydrogen) atoms. The van der Waals surface area contributed by atoms with Gasteiger partial charge < -0.3 is 4.90 Å². The molecule has 134 valence electrons. The summed E-state index contributed by atoms with van der Waals surface area (Å²) in [6.07, 6.45) is -1.09. The van der Waals surface area contributed by atoms with Crippen molar-refractivity contribution in [3.05, 3.63) is 64.0 Å². The first-order valence-electron chi connectivity index (χ1n) is 7.81. The topological polar surface area (TPSA) is 50.5 Å². The summed E-state index contributed by atoms with van der Waals surface area (Å²) >= 11 is 3.24. The van der Waals surface area contributed by atoms with E-state index in [1.165, 1.54) is 22.8 Å². The van der Waals surface area contributed by atoms with Gasteiger partial charge in [0.05, 0.1) is 4.47 Å². The normalized spacial score (nSPS) is 17.4. The molecule has 0 bridgehead atoms. The molecule has 2 aromatic heterocycles. The monoisotopic (exact) mass is 424 g/mol. The van der Waals surface area contributed by atoms with Gasteiger partial charge in [-0.15, -0.1) is 0 Å². The minimum absolute atomic E-state index is 0.0228. The summed E-state index contributed by atoms with van der Waals surface area (Å²) in [6, 6.07) is 5.76. The molecule has 9 heteroatoms. The van der Waals surface area contributed by atoms with Crippen molar-refractivity contribution in [3.8, 4) is 0 Å². The van der Waals surface area contributed by atoms with Gasteiger partial charge >= 0.3 is 6.18 Å². The molecule has 1 aromatic carbocycles. The largest absolute Gasteiger partial charge is 0.413 e. The van der Waals surface area contributed by atoms with Crippen molar-refractivity contribution in [2.75, 3.05) is 6.54 Å². The number of rotatable bonds is 1. The number of nitrogens with zero attached hydrogens (tertiary/aromatic N) is 4. The maximum Gasteiger partial charge on any atom is 0.413 e. The summed E-state index contributed by atoms with van der Waals surface area (Å²) in [4.78, 5) is 17.8. The predicted octanol–water partition coefficient (Wildman–Crippen LogP) is 3.79. The molecule has 0 saturated carbocycles. The van der Waals surface area contributed by atoms with Crippen LogP contribution in [0.2, 0.25) is 0 Å². The van der Waals surface area contributed by atoms with Crippen molar-refractivity contribution in [1.29, 1.82) is 0 Å². The number of hydrogen-bond acceptors (Lipinski definition) is 3. The van der Waals surface area contributed by atoms with E-state index in [0.29, 0.717) is 22.1 Å². The Balaban J connectivity index is 1.76. The minimum Gasteiger partial charge on any atom is -0.321 e. The first kappa shape index (κ1) is 17.0. The van der Waals surface area contributed by atoms with Crippen molar-refractivity contribution in [1.82, 2.24) is 19.5 Å². The third-order valence-corrected chi connectivity index (χ3v) is 4.76. The van der Waals surface area contributed by atoms with Crippen LogP contribution in [-0.2, 0) is 6.42 Å². The number of carbonyl (C=O) groups excluding carboxylic acids is 1. The van der Waals surface area contributed by atoms with Gasteiger partial charge in [-0.25, -0.2) is 9.50 Å². The zero-order chi connectivity index (χ0) is 18.5. The highest BCUT2D eigenvalue weighted by atomic mass is 79.9. The molecule has 3 aromatic rings. The Kier molecular flexibility index (Phi) is 3.98. The quantitative estimate of drug-likeness (QED) is 0.596. The Hall–Kier alpha value is -2.42. The van der Waals surface area contributed by atoms with Gasteiger partial charge in [-0.05, 0) is 33.5 Å². The maximum absolute atomic E-state index is 13.8. The first-order chi connectivity index (χ1) is 12.3. The highest BCUT2D eigenvalue weighted by Crippen LogP contribution is 2.42. The van der Waals surface area contributed by atoms with Crippen molar-refractivity contribution < 1.29 is 18.0 Å². The smallest absolute Gasteiger partial charge is 0.321 e. The number of carbonyl (C=O) groups is 1. The third-order valence-electron chi connectivity index (χ3n) is 4.36. The van der Waals surface area contributed by atoms with Crippen LogP contribution in [0.4, 0.5) is 13.2 Å². The van der Waals surface area contributed by atoms with E-state index in [4.69, 9.17) is 0 Å². The van der Waals surface area contributed by atoms with E-state index < -0.39 is 18.1 Å². The number of amides is 1. The molecule has 0 fully saturated rings. The third kappa shape index (κ3) is 2.86. The van der Waals surface area contributed by atoms with Crippen LogP contribution in [0.15, 0.2) is 47.2 Å². The van der Waals surface area contributed by atoms with Crippen LogP contribution in [0.3, 0.4) is 0 Å². The summed E-state index contributed by atoms with van der Waals surface area (Å²) < 4.78 is 43.3. The van der Waals surface area contributed by atoms with Gasteiger partial charge in [-0.1, -0.05) is 24.3 Å². The average Bonchev–Trinajstić information content (AvgIpc) is 3.02. The Morgan fingerprint density at radius 3 is 2.81 bits per heavy atom. The summed E-state index contributed by atoms with van der Waals surface area (Å²) in [5.41, 5.74) is 1.05. The van der Waals surface area contributed by atoms with E-state index in [9.17, 15) is 18.0 Å². The van der Waals surface area contributed by atoms with Crippen molar-refractivity contribution in [3.63, 3.8) is 0 Å². The lowest BCUT2D eigenvalue weighted by Crippen LogP contribution is -2.46. The van der Waals surface area contributed by atoms with Crippen molar-refractivity contribution in [2.24, 2.45) is 0 Å². The molecule has 5 nitrogen and oxygen atoms in total. The van der Waals surface area contributed by atoms with Crippen LogP contribution in [0.1, 0.15) is 27.7 Å². The Labute approximate surface area is 154 Å². The molecule has 1 atom stereocenters. The van der Waals surface area contributed by atoms with Gasteiger partial charge in [0.15, 0.2) is 17.4 Å². The highest BCUT2D eigenvalue weighted by Gasteiger charge is 2.49. The standard InChI is InChI=1S/C17H12BrF3N4O/c18-11-8-22-14-7-13(23-25(14)9-11)16(26)24-6-5-10-3-1-2-4-12(10)15(24)17(19,20)21/h1-4,7-9,15H,5-6H2. The van der Waals surface area contributed by atoms with Gasteiger partial charge in [0.25, 0.3) is 5.91 Å². The lowest BCUT2D eigenvalue weighted by Gasteiger charge is -2.37. The summed E-state index contributed by atoms with van der Waals surface area (Å²) in [7, 11) is 0. The minimum atomic E-state index is -4.58. The molecule has 0 radical (unpaired) electrons. The second kappa shape index (κ2) is 6.08. The van der Waals surface area contributed by atoms with E-state index in [1.807, 2.05) is 0 Å². The number of halogens is 4. The molecule has 1 unspecified atom stereocenters. The van der Waals surface area contributed by atoms with Gasteiger partial charge in [0.2, 0.25) is 0 Å². The average molecular weight is 425 g/mol. The highest BCUT2D eigenvalue weighted by molar-refractivity contribution is 9.10. The Morgan fingerprint density at radius 2 is 2.04 bits per heavy atom. The molecule has 1 aliphatic heterocycles. The van der Waals surface area contributed by atoms with E-state index in [2.05, 4.69) is 26.0 Å². The maximum atomic E-state index is 13.8. The van der Waals surface area contributed by atoms with E-state index in [1.54, 1.807) is 24.4 Å². The summed E-state index contributed by atoms with van der Waals surface area (Å²) in [6.45, 7) is -0.0228. The molecule has 0 spiro atoms. The Morgan fingerprint density at radius 1 is 1.27 bits per heavy atom. The van der Waals surface area contributed by atoms with Gasteiger partial charge in [-0.3, -0.25) is 4.79 Å². The first-order valence-corrected chi connectivity index (χ1v) is 8.60. The zero-order valence-electron chi connectivity index (χ0n) is 13.2. The second-order valence-corrected chi connectivity index (χ2v) is 6.91. The van der Waals surface area contributed by atoms with Crippen molar-refractivity contribution in [2.45, 2.75) is 18.6 Å². The zero-order valence-corrected chi connectivity index (χ0v) is 14.8. The van der Waals surface area contributed by atoms with Crippen molar-refractivity contribution >= 4 is 27.5 Å². The lowest BCUT2D eigenvalue weighted by molar-refractivity contribution is -0.181. The molecule has 1 aliphatic rings. The lowest BCUT2D eigenvalue weighted by atomic mass is 9.92. The number of fused-ring (bicyclic) bond motifs is 2.